The van der Waals surface area contributed by atoms with Crippen molar-refractivity contribution in [3.05, 3.63) is 34.2 Å². The number of aromatic nitrogens is 2. The number of hydrogen-bond acceptors (Lipinski definition) is 6. The molecule has 2 aromatic rings. The highest BCUT2D eigenvalue weighted by molar-refractivity contribution is 7.98. The first-order valence-electron chi connectivity index (χ1n) is 9.18. The summed E-state index contributed by atoms with van der Waals surface area (Å²) in [4.78, 5) is 27.4. The van der Waals surface area contributed by atoms with E-state index in [4.69, 9.17) is 0 Å². The van der Waals surface area contributed by atoms with Crippen LogP contribution in [-0.2, 0) is 17.8 Å². The number of rotatable bonds is 4. The Labute approximate surface area is 162 Å². The summed E-state index contributed by atoms with van der Waals surface area (Å²) < 4.78 is 0. The van der Waals surface area contributed by atoms with Crippen LogP contribution in [0.2, 0.25) is 0 Å². The predicted octanol–water partition coefficient (Wildman–Crippen LogP) is 3.45. The predicted molar refractivity (Wildman–Crippen MR) is 107 cm³/mol. The van der Waals surface area contributed by atoms with E-state index in [0.717, 1.165) is 56.4 Å². The van der Waals surface area contributed by atoms with Crippen molar-refractivity contribution in [2.24, 2.45) is 5.92 Å². The lowest BCUT2D eigenvalue weighted by molar-refractivity contribution is -0.133. The zero-order valence-corrected chi connectivity index (χ0v) is 16.7. The first-order valence-corrected chi connectivity index (χ1v) is 11.3. The molecule has 138 valence electrons. The van der Waals surface area contributed by atoms with Crippen molar-refractivity contribution < 1.29 is 4.79 Å². The van der Waals surface area contributed by atoms with Crippen LogP contribution >= 0.6 is 23.1 Å². The molecule has 26 heavy (non-hydrogen) atoms. The van der Waals surface area contributed by atoms with Gasteiger partial charge in [-0.1, -0.05) is 11.8 Å². The van der Waals surface area contributed by atoms with Crippen LogP contribution in [0.25, 0.3) is 0 Å². The summed E-state index contributed by atoms with van der Waals surface area (Å²) in [5, 5.41) is 2.96. The number of fused-ring (bicyclic) bond motifs is 1. The van der Waals surface area contributed by atoms with Crippen LogP contribution in [0.4, 0.5) is 5.82 Å². The maximum atomic E-state index is 12.7. The van der Waals surface area contributed by atoms with Gasteiger partial charge < -0.3 is 9.80 Å². The third-order valence-electron chi connectivity index (χ3n) is 5.36. The number of thiophene rings is 1. The van der Waals surface area contributed by atoms with Crippen molar-refractivity contribution in [3.63, 3.8) is 0 Å². The van der Waals surface area contributed by atoms with Crippen molar-refractivity contribution >= 4 is 34.8 Å². The highest BCUT2D eigenvalue weighted by Crippen LogP contribution is 2.28. The summed E-state index contributed by atoms with van der Waals surface area (Å²) in [6, 6.07) is 4.15. The fourth-order valence-electron chi connectivity index (χ4n) is 3.81. The van der Waals surface area contributed by atoms with E-state index in [1.165, 1.54) is 10.4 Å². The second-order valence-electron chi connectivity index (χ2n) is 6.97. The Balaban J connectivity index is 1.29. The molecule has 1 amide bonds. The average molecular weight is 389 g/mol. The van der Waals surface area contributed by atoms with Gasteiger partial charge in [0.15, 0.2) is 5.16 Å². The molecule has 4 heterocycles. The third-order valence-corrected chi connectivity index (χ3v) is 6.95. The lowest BCUT2D eigenvalue weighted by atomic mass is 9.92. The molecule has 0 unspecified atom stereocenters. The normalized spacial score (nSPS) is 18.0. The molecular formula is C19H24N4OS2. The van der Waals surface area contributed by atoms with Crippen LogP contribution in [0.15, 0.2) is 28.9 Å². The minimum Gasteiger partial charge on any atom is -0.356 e. The molecule has 0 radical (unpaired) electrons. The van der Waals surface area contributed by atoms with Gasteiger partial charge in [0, 0.05) is 43.7 Å². The fraction of sp³-hybridized carbons (Fsp3) is 0.526. The molecule has 4 rings (SSSR count). The number of hydrogen-bond donors (Lipinski definition) is 0. The zero-order chi connectivity index (χ0) is 17.9. The summed E-state index contributed by atoms with van der Waals surface area (Å²) in [6.45, 7) is 3.62. The first-order chi connectivity index (χ1) is 12.7. The van der Waals surface area contributed by atoms with Crippen LogP contribution in [0.3, 0.4) is 0 Å². The van der Waals surface area contributed by atoms with E-state index in [9.17, 15) is 4.79 Å². The van der Waals surface area contributed by atoms with Gasteiger partial charge in [-0.2, -0.15) is 0 Å². The molecule has 0 bridgehead atoms. The second-order valence-corrected chi connectivity index (χ2v) is 8.74. The van der Waals surface area contributed by atoms with Crippen LogP contribution in [0.5, 0.6) is 0 Å². The topological polar surface area (TPSA) is 49.3 Å². The number of piperidine rings is 1. The van der Waals surface area contributed by atoms with Gasteiger partial charge in [-0.15, -0.1) is 11.3 Å². The van der Waals surface area contributed by atoms with E-state index in [1.807, 2.05) is 29.9 Å². The molecule has 7 heteroatoms. The van der Waals surface area contributed by atoms with E-state index in [0.29, 0.717) is 18.2 Å². The zero-order valence-electron chi connectivity index (χ0n) is 15.1. The fourth-order valence-corrected chi connectivity index (χ4v) is 5.05. The van der Waals surface area contributed by atoms with Crippen LogP contribution < -0.4 is 4.90 Å². The lowest BCUT2D eigenvalue weighted by Gasteiger charge is -2.34. The smallest absolute Gasteiger partial charge is 0.223 e. The van der Waals surface area contributed by atoms with Gasteiger partial charge in [-0.05, 0) is 54.5 Å². The molecule has 1 fully saturated rings. The largest absolute Gasteiger partial charge is 0.356 e. The van der Waals surface area contributed by atoms with Gasteiger partial charge in [0.2, 0.25) is 5.91 Å². The van der Waals surface area contributed by atoms with Crippen LogP contribution in [-0.4, -0.2) is 46.7 Å². The molecule has 0 N–H and O–H groups in total. The molecule has 1 saturated heterocycles. The summed E-state index contributed by atoms with van der Waals surface area (Å²) in [6.07, 6.45) is 7.65. The van der Waals surface area contributed by atoms with E-state index in [2.05, 4.69) is 31.2 Å². The molecule has 2 aliphatic rings. The summed E-state index contributed by atoms with van der Waals surface area (Å²) >= 11 is 3.39. The van der Waals surface area contributed by atoms with Gasteiger partial charge in [0.05, 0.1) is 0 Å². The molecule has 2 aromatic heterocycles. The maximum absolute atomic E-state index is 12.7. The number of amides is 1. The van der Waals surface area contributed by atoms with Gasteiger partial charge in [0.25, 0.3) is 0 Å². The summed E-state index contributed by atoms with van der Waals surface area (Å²) in [5.41, 5.74) is 1.35. The summed E-state index contributed by atoms with van der Waals surface area (Å²) in [5.74, 6) is 1.83. The standard InChI is InChI=1S/C19H24N4OS2/c1-25-19-20-7-2-17(21-19)22-8-3-14(4-9-22)12-18(24)23-10-5-16-15(13-23)6-11-26-16/h2,6-7,11,14H,3-5,8-10,12-13H2,1H3. The second kappa shape index (κ2) is 7.96. The van der Waals surface area contributed by atoms with Crippen molar-refractivity contribution in [2.45, 2.75) is 37.4 Å². The molecule has 5 nitrogen and oxygen atoms in total. The van der Waals surface area contributed by atoms with E-state index in [1.54, 1.807) is 11.8 Å². The van der Waals surface area contributed by atoms with E-state index in [-0.39, 0.29) is 0 Å². The maximum Gasteiger partial charge on any atom is 0.223 e. The Morgan fingerprint density at radius 3 is 2.96 bits per heavy atom. The minimum absolute atomic E-state index is 0.326. The number of anilines is 1. The number of thioether (sulfide) groups is 1. The first kappa shape index (κ1) is 17.8. The highest BCUT2D eigenvalue weighted by atomic mass is 32.2. The van der Waals surface area contributed by atoms with Gasteiger partial charge >= 0.3 is 0 Å². The third kappa shape index (κ3) is 3.88. The van der Waals surface area contributed by atoms with Crippen LogP contribution in [0, 0.1) is 5.92 Å². The monoisotopic (exact) mass is 388 g/mol. The van der Waals surface area contributed by atoms with Crippen molar-refractivity contribution in [1.82, 2.24) is 14.9 Å². The SMILES string of the molecule is CSc1nccc(N2CCC(CC(=O)N3CCc4sccc4C3)CC2)n1. The number of carbonyl (C=O) groups excluding carboxylic acids is 1. The lowest BCUT2D eigenvalue weighted by Crippen LogP contribution is -2.39. The van der Waals surface area contributed by atoms with Crippen molar-refractivity contribution in [1.29, 1.82) is 0 Å². The van der Waals surface area contributed by atoms with Crippen molar-refractivity contribution in [2.75, 3.05) is 30.8 Å². The molecule has 0 saturated carbocycles. The average Bonchev–Trinajstić information content (AvgIpc) is 3.16. The Bertz CT molecular complexity index is 770. The van der Waals surface area contributed by atoms with Gasteiger partial charge in [-0.25, -0.2) is 9.97 Å². The molecule has 2 aliphatic heterocycles. The van der Waals surface area contributed by atoms with Crippen LogP contribution in [0.1, 0.15) is 29.7 Å². The molecule has 0 aromatic carbocycles. The summed E-state index contributed by atoms with van der Waals surface area (Å²) in [7, 11) is 0. The van der Waals surface area contributed by atoms with E-state index < -0.39 is 0 Å². The molecule has 0 spiro atoms. The van der Waals surface area contributed by atoms with Gasteiger partial charge in [-0.3, -0.25) is 4.79 Å². The Morgan fingerprint density at radius 1 is 1.31 bits per heavy atom. The van der Waals surface area contributed by atoms with E-state index >= 15 is 0 Å². The van der Waals surface area contributed by atoms with Crippen molar-refractivity contribution in [3.8, 4) is 0 Å². The van der Waals surface area contributed by atoms with Gasteiger partial charge in [0.1, 0.15) is 5.82 Å². The molecular weight excluding hydrogens is 364 g/mol. The highest BCUT2D eigenvalue weighted by Gasteiger charge is 2.26. The Hall–Kier alpha value is -1.60. The quantitative estimate of drug-likeness (QED) is 0.593. The molecule has 0 aliphatic carbocycles. The molecule has 0 atom stereocenters. The Kier molecular flexibility index (Phi) is 5.45. The number of carbonyl (C=O) groups is 1. The minimum atomic E-state index is 0.326. The Morgan fingerprint density at radius 2 is 2.15 bits per heavy atom. The number of nitrogens with zero attached hydrogens (tertiary/aromatic N) is 4.